The maximum absolute atomic E-state index is 8.96. The molecule has 1 aromatic rings. The summed E-state index contributed by atoms with van der Waals surface area (Å²) in [6.07, 6.45) is 4.61. The maximum Gasteiger partial charge on any atom is 0.172 e. The summed E-state index contributed by atoms with van der Waals surface area (Å²) in [5, 5.41) is 12.1. The van der Waals surface area contributed by atoms with Crippen LogP contribution in [0.4, 0.5) is 5.69 Å². The first-order chi connectivity index (χ1) is 9.63. The van der Waals surface area contributed by atoms with Gasteiger partial charge < -0.3 is 15.8 Å². The molecule has 0 spiro atoms. The van der Waals surface area contributed by atoms with Gasteiger partial charge in [0.15, 0.2) is 5.84 Å². The lowest BCUT2D eigenvalue weighted by atomic mass is 10.1. The number of aryl methyl sites for hydroxylation is 1. The molecule has 0 heterocycles. The topological polar surface area (TPSA) is 61.8 Å². The van der Waals surface area contributed by atoms with Crippen molar-refractivity contribution >= 4 is 11.5 Å². The summed E-state index contributed by atoms with van der Waals surface area (Å²) in [7, 11) is 0. The van der Waals surface area contributed by atoms with Crippen LogP contribution in [0.3, 0.4) is 0 Å². The summed E-state index contributed by atoms with van der Waals surface area (Å²) in [5.41, 5.74) is 8.88. The van der Waals surface area contributed by atoms with Crippen LogP contribution in [0.2, 0.25) is 0 Å². The van der Waals surface area contributed by atoms with E-state index >= 15 is 0 Å². The minimum absolute atomic E-state index is 0.179. The third-order valence-electron chi connectivity index (χ3n) is 3.44. The molecular weight excluding hydrogens is 250 g/mol. The van der Waals surface area contributed by atoms with Gasteiger partial charge in [-0.05, 0) is 37.5 Å². The zero-order valence-electron chi connectivity index (χ0n) is 12.9. The number of oxime groups is 1. The zero-order valence-corrected chi connectivity index (χ0v) is 12.9. The van der Waals surface area contributed by atoms with Gasteiger partial charge in [0, 0.05) is 24.3 Å². The second kappa shape index (κ2) is 8.46. The SMILES string of the molecule is CCCCN(CCCC)c1cc(C)ccc1C(N)=NO. The van der Waals surface area contributed by atoms with Gasteiger partial charge in [-0.15, -0.1) is 0 Å². The number of anilines is 1. The Balaban J connectivity index is 3.11. The fourth-order valence-corrected chi connectivity index (χ4v) is 2.22. The second-order valence-corrected chi connectivity index (χ2v) is 5.20. The van der Waals surface area contributed by atoms with Crippen molar-refractivity contribution in [3.05, 3.63) is 29.3 Å². The molecule has 0 atom stereocenters. The Kier molecular flexibility index (Phi) is 6.91. The number of hydrogen-bond acceptors (Lipinski definition) is 3. The van der Waals surface area contributed by atoms with Crippen molar-refractivity contribution in [2.45, 2.75) is 46.5 Å². The molecule has 0 saturated heterocycles. The van der Waals surface area contributed by atoms with E-state index in [2.05, 4.69) is 36.9 Å². The predicted molar refractivity (Wildman–Crippen MR) is 85.7 cm³/mol. The molecule has 0 unspecified atom stereocenters. The summed E-state index contributed by atoms with van der Waals surface area (Å²) >= 11 is 0. The second-order valence-electron chi connectivity index (χ2n) is 5.20. The largest absolute Gasteiger partial charge is 0.409 e. The smallest absolute Gasteiger partial charge is 0.172 e. The van der Waals surface area contributed by atoms with Crippen molar-refractivity contribution < 1.29 is 5.21 Å². The molecule has 0 aliphatic carbocycles. The third-order valence-corrected chi connectivity index (χ3v) is 3.44. The molecule has 0 bridgehead atoms. The van der Waals surface area contributed by atoms with E-state index in [9.17, 15) is 0 Å². The lowest BCUT2D eigenvalue weighted by Gasteiger charge is -2.27. The highest BCUT2D eigenvalue weighted by Gasteiger charge is 2.13. The highest BCUT2D eigenvalue weighted by molar-refractivity contribution is 6.02. The van der Waals surface area contributed by atoms with E-state index in [-0.39, 0.29) is 5.84 Å². The van der Waals surface area contributed by atoms with Crippen LogP contribution >= 0.6 is 0 Å². The van der Waals surface area contributed by atoms with E-state index in [4.69, 9.17) is 10.9 Å². The molecule has 0 aliphatic rings. The molecule has 3 N–H and O–H groups in total. The highest BCUT2D eigenvalue weighted by atomic mass is 16.4. The molecule has 0 aromatic heterocycles. The first-order valence-corrected chi connectivity index (χ1v) is 7.47. The Morgan fingerprint density at radius 1 is 1.20 bits per heavy atom. The van der Waals surface area contributed by atoms with Crippen molar-refractivity contribution in [2.75, 3.05) is 18.0 Å². The average Bonchev–Trinajstić information content (AvgIpc) is 2.46. The molecule has 20 heavy (non-hydrogen) atoms. The van der Waals surface area contributed by atoms with Crippen LogP contribution in [0.15, 0.2) is 23.4 Å². The van der Waals surface area contributed by atoms with Gasteiger partial charge in [0.1, 0.15) is 0 Å². The van der Waals surface area contributed by atoms with Crippen LogP contribution in [-0.4, -0.2) is 24.1 Å². The van der Waals surface area contributed by atoms with Crippen LogP contribution < -0.4 is 10.6 Å². The fourth-order valence-electron chi connectivity index (χ4n) is 2.22. The minimum atomic E-state index is 0.179. The van der Waals surface area contributed by atoms with Crippen LogP contribution in [0.5, 0.6) is 0 Å². The van der Waals surface area contributed by atoms with E-state index in [1.807, 2.05) is 12.1 Å². The summed E-state index contributed by atoms with van der Waals surface area (Å²) in [6, 6.07) is 6.05. The number of hydrogen-bond donors (Lipinski definition) is 2. The quantitative estimate of drug-likeness (QED) is 0.331. The number of unbranched alkanes of at least 4 members (excludes halogenated alkanes) is 2. The first-order valence-electron chi connectivity index (χ1n) is 7.47. The summed E-state index contributed by atoms with van der Waals surface area (Å²) in [6.45, 7) is 8.46. The summed E-state index contributed by atoms with van der Waals surface area (Å²) < 4.78 is 0. The number of nitrogens with zero attached hydrogens (tertiary/aromatic N) is 2. The molecule has 0 amide bonds. The Morgan fingerprint density at radius 3 is 2.30 bits per heavy atom. The average molecular weight is 277 g/mol. The molecule has 112 valence electrons. The van der Waals surface area contributed by atoms with Gasteiger partial charge in [0.05, 0.1) is 0 Å². The number of rotatable bonds is 8. The Labute approximate surface area is 122 Å². The van der Waals surface area contributed by atoms with E-state index in [1.165, 1.54) is 5.56 Å². The monoisotopic (exact) mass is 277 g/mol. The van der Waals surface area contributed by atoms with Crippen molar-refractivity contribution in [2.24, 2.45) is 10.9 Å². The van der Waals surface area contributed by atoms with Gasteiger partial charge in [-0.1, -0.05) is 37.9 Å². The molecule has 0 radical (unpaired) electrons. The summed E-state index contributed by atoms with van der Waals surface area (Å²) in [4.78, 5) is 2.35. The maximum atomic E-state index is 8.96. The predicted octanol–water partition coefficient (Wildman–Crippen LogP) is 3.50. The first kappa shape index (κ1) is 16.3. The molecule has 1 aromatic carbocycles. The number of nitrogens with two attached hydrogens (primary N) is 1. The summed E-state index contributed by atoms with van der Waals surface area (Å²) in [5.74, 6) is 0.179. The van der Waals surface area contributed by atoms with Crippen LogP contribution in [-0.2, 0) is 0 Å². The lowest BCUT2D eigenvalue weighted by Crippen LogP contribution is -2.29. The molecule has 0 aliphatic heterocycles. The number of amidine groups is 1. The van der Waals surface area contributed by atoms with Crippen LogP contribution in [0.1, 0.15) is 50.7 Å². The Bertz CT molecular complexity index is 435. The standard InChI is InChI=1S/C16H27N3O/c1-4-6-10-19(11-7-5-2)15-12-13(3)8-9-14(15)16(17)18-20/h8-9,12,20H,4-7,10-11H2,1-3H3,(H2,17,18). The van der Waals surface area contributed by atoms with Crippen LogP contribution in [0, 0.1) is 6.92 Å². The zero-order chi connectivity index (χ0) is 15.0. The van der Waals surface area contributed by atoms with E-state index in [0.717, 1.165) is 50.0 Å². The number of benzene rings is 1. The molecule has 0 fully saturated rings. The van der Waals surface area contributed by atoms with Crippen molar-refractivity contribution in [1.82, 2.24) is 0 Å². The minimum Gasteiger partial charge on any atom is -0.409 e. The van der Waals surface area contributed by atoms with Gasteiger partial charge >= 0.3 is 0 Å². The van der Waals surface area contributed by atoms with Crippen molar-refractivity contribution in [1.29, 1.82) is 0 Å². The van der Waals surface area contributed by atoms with E-state index < -0.39 is 0 Å². The van der Waals surface area contributed by atoms with Crippen LogP contribution in [0.25, 0.3) is 0 Å². The molecule has 1 rings (SSSR count). The Hall–Kier alpha value is -1.71. The van der Waals surface area contributed by atoms with Gasteiger partial charge in [-0.2, -0.15) is 0 Å². The molecular formula is C16H27N3O. The van der Waals surface area contributed by atoms with Gasteiger partial charge in [0.2, 0.25) is 0 Å². The fraction of sp³-hybridized carbons (Fsp3) is 0.562. The normalized spacial score (nSPS) is 11.7. The highest BCUT2D eigenvalue weighted by Crippen LogP contribution is 2.23. The van der Waals surface area contributed by atoms with Gasteiger partial charge in [-0.25, -0.2) is 0 Å². The van der Waals surface area contributed by atoms with E-state index in [1.54, 1.807) is 0 Å². The van der Waals surface area contributed by atoms with Crippen molar-refractivity contribution in [3.8, 4) is 0 Å². The molecule has 4 heteroatoms. The lowest BCUT2D eigenvalue weighted by molar-refractivity contribution is 0.318. The Morgan fingerprint density at radius 2 is 1.80 bits per heavy atom. The molecule has 0 saturated carbocycles. The van der Waals surface area contributed by atoms with Gasteiger partial charge in [0.25, 0.3) is 0 Å². The van der Waals surface area contributed by atoms with Gasteiger partial charge in [-0.3, -0.25) is 0 Å². The molecule has 4 nitrogen and oxygen atoms in total. The van der Waals surface area contributed by atoms with E-state index in [0.29, 0.717) is 0 Å². The third kappa shape index (κ3) is 4.44. The van der Waals surface area contributed by atoms with Crippen molar-refractivity contribution in [3.63, 3.8) is 0 Å².